The van der Waals surface area contributed by atoms with E-state index in [1.165, 1.54) is 51.0 Å². The van der Waals surface area contributed by atoms with Crippen molar-refractivity contribution < 1.29 is 9.90 Å². The summed E-state index contributed by atoms with van der Waals surface area (Å²) < 4.78 is 0. The van der Waals surface area contributed by atoms with Gasteiger partial charge in [0.1, 0.15) is 0 Å². The van der Waals surface area contributed by atoms with Gasteiger partial charge in [-0.05, 0) is 12.8 Å². The molecule has 0 aromatic heterocycles. The second-order valence-corrected chi connectivity index (χ2v) is 5.19. The Balaban J connectivity index is 0. The third-order valence-electron chi connectivity index (χ3n) is 3.13. The normalized spacial score (nSPS) is 12.2. The minimum absolute atomic E-state index is 0. The molecule has 23 heavy (non-hydrogen) atoms. The molecule has 0 aromatic rings. The molecule has 0 aliphatic carbocycles. The second-order valence-electron chi connectivity index (χ2n) is 5.19. The van der Waals surface area contributed by atoms with Crippen LogP contribution in [0.25, 0.3) is 0 Å². The molecule has 0 saturated carbocycles. The van der Waals surface area contributed by atoms with E-state index in [-0.39, 0.29) is 48.9 Å². The summed E-state index contributed by atoms with van der Waals surface area (Å²) >= 11 is 0. The maximum absolute atomic E-state index is 10.2. The molecule has 126 valence electrons. The van der Waals surface area contributed by atoms with Crippen molar-refractivity contribution in [3.8, 4) is 0 Å². The summed E-state index contributed by atoms with van der Waals surface area (Å²) in [6.07, 6.45) is 28.8. The predicted octanol–water partition coefficient (Wildman–Crippen LogP) is 5.08. The molecule has 0 atom stereocenters. The Hall–Kier alpha value is -0.259. The van der Waals surface area contributed by atoms with Crippen molar-refractivity contribution in [2.75, 3.05) is 0 Å². The molecule has 0 spiro atoms. The molecule has 0 saturated heterocycles. The Morgan fingerprint density at radius 1 is 0.739 bits per heavy atom. The summed E-state index contributed by atoms with van der Waals surface area (Å²) in [5.74, 6) is -0.931. The van der Waals surface area contributed by atoms with Crippen LogP contribution in [0.15, 0.2) is 60.8 Å². The average Bonchev–Trinajstić information content (AvgIpc) is 2.50. The fourth-order valence-electron chi connectivity index (χ4n) is 1.92. The minimum atomic E-state index is -0.931. The van der Waals surface area contributed by atoms with Gasteiger partial charge in [0.25, 0.3) is 0 Å². The number of unbranched alkanes of at least 4 members (excludes halogenated alkanes) is 7. The molecular formula is C20H32BaO2. The molecule has 0 aliphatic rings. The zero-order valence-electron chi connectivity index (χ0n) is 13.8. The van der Waals surface area contributed by atoms with Crippen molar-refractivity contribution in [3.05, 3.63) is 60.8 Å². The first-order chi connectivity index (χ1) is 10.8. The summed E-state index contributed by atoms with van der Waals surface area (Å²) in [6, 6.07) is 0. The molecule has 3 heteroatoms. The van der Waals surface area contributed by atoms with Crippen molar-refractivity contribution in [2.24, 2.45) is 0 Å². The second kappa shape index (κ2) is 21.7. The summed E-state index contributed by atoms with van der Waals surface area (Å²) in [5.41, 5.74) is 0. The van der Waals surface area contributed by atoms with Crippen molar-refractivity contribution in [1.82, 2.24) is 0 Å². The van der Waals surface area contributed by atoms with Gasteiger partial charge >= 0.3 is 54.9 Å². The standard InChI is InChI=1S/C20H30O2.Ba.2H/c1-2-3-4-5-6-7-8-9-10-11-12-13-14-15-16-17-18-19-20(21)22;;;/h10-19H,2-9H2,1H3,(H,21,22);;;. The number of rotatable bonds is 13. The molecule has 0 unspecified atom stereocenters. The van der Waals surface area contributed by atoms with E-state index in [2.05, 4.69) is 19.1 Å². The van der Waals surface area contributed by atoms with E-state index in [1.807, 2.05) is 24.3 Å². The first kappa shape index (κ1) is 25.0. The van der Waals surface area contributed by atoms with Gasteiger partial charge in [0.05, 0.1) is 0 Å². The van der Waals surface area contributed by atoms with Gasteiger partial charge in [-0.25, -0.2) is 4.79 Å². The Bertz CT molecular complexity index is 404. The number of carbonyl (C=O) groups is 1. The summed E-state index contributed by atoms with van der Waals surface area (Å²) in [4.78, 5) is 10.2. The number of carboxylic acid groups (broad SMARTS) is 1. The maximum atomic E-state index is 10.2. The van der Waals surface area contributed by atoms with Gasteiger partial charge in [0.15, 0.2) is 0 Å². The van der Waals surface area contributed by atoms with Crippen LogP contribution < -0.4 is 0 Å². The van der Waals surface area contributed by atoms with E-state index in [0.29, 0.717) is 0 Å². The van der Waals surface area contributed by atoms with Gasteiger partial charge < -0.3 is 5.11 Å². The summed E-state index contributed by atoms with van der Waals surface area (Å²) in [7, 11) is 0. The number of hydrogen-bond donors (Lipinski definition) is 1. The Labute approximate surface area is 182 Å². The Morgan fingerprint density at radius 2 is 1.22 bits per heavy atom. The summed E-state index contributed by atoms with van der Waals surface area (Å²) in [5, 5.41) is 8.38. The van der Waals surface area contributed by atoms with Crippen LogP contribution in [-0.2, 0) is 4.79 Å². The quantitative estimate of drug-likeness (QED) is 0.187. The molecule has 0 radical (unpaired) electrons. The zero-order valence-corrected chi connectivity index (χ0v) is 13.8. The number of carboxylic acids is 1. The van der Waals surface area contributed by atoms with E-state index in [0.717, 1.165) is 12.5 Å². The molecule has 2 nitrogen and oxygen atoms in total. The molecule has 0 heterocycles. The monoisotopic (exact) mass is 442 g/mol. The van der Waals surface area contributed by atoms with Crippen LogP contribution in [0.5, 0.6) is 0 Å². The fourth-order valence-corrected chi connectivity index (χ4v) is 1.92. The van der Waals surface area contributed by atoms with Gasteiger partial charge in [-0.1, -0.05) is 100 Å². The SMILES string of the molecule is CCCCCCCCCC=CC=CC=CC=CC=CC(=O)O.[BaH2]. The molecular weight excluding hydrogens is 410 g/mol. The van der Waals surface area contributed by atoms with Crippen molar-refractivity contribution in [2.45, 2.75) is 58.3 Å². The Morgan fingerprint density at radius 3 is 1.78 bits per heavy atom. The van der Waals surface area contributed by atoms with E-state index >= 15 is 0 Å². The molecule has 0 fully saturated rings. The first-order valence-electron chi connectivity index (χ1n) is 8.33. The number of allylic oxidation sites excluding steroid dienone is 9. The van der Waals surface area contributed by atoms with Crippen molar-refractivity contribution >= 4 is 54.9 Å². The van der Waals surface area contributed by atoms with Crippen LogP contribution in [0, 0.1) is 0 Å². The van der Waals surface area contributed by atoms with Crippen LogP contribution in [0.2, 0.25) is 0 Å². The first-order valence-corrected chi connectivity index (χ1v) is 8.33. The van der Waals surface area contributed by atoms with Crippen LogP contribution in [0.3, 0.4) is 0 Å². The van der Waals surface area contributed by atoms with Crippen molar-refractivity contribution in [3.63, 3.8) is 0 Å². The number of hydrogen-bond acceptors (Lipinski definition) is 1. The third-order valence-corrected chi connectivity index (χ3v) is 3.13. The van der Waals surface area contributed by atoms with Gasteiger partial charge in [0.2, 0.25) is 0 Å². The van der Waals surface area contributed by atoms with E-state index in [9.17, 15) is 4.79 Å². The predicted molar refractivity (Wildman–Crippen MR) is 104 cm³/mol. The van der Waals surface area contributed by atoms with Gasteiger partial charge in [-0.3, -0.25) is 0 Å². The fraction of sp³-hybridized carbons (Fsp3) is 0.450. The molecule has 0 bridgehead atoms. The number of aliphatic carboxylic acids is 1. The summed E-state index contributed by atoms with van der Waals surface area (Å²) in [6.45, 7) is 2.25. The zero-order chi connectivity index (χ0) is 16.3. The van der Waals surface area contributed by atoms with Crippen LogP contribution in [0.1, 0.15) is 58.3 Å². The van der Waals surface area contributed by atoms with E-state index in [1.54, 1.807) is 12.2 Å². The van der Waals surface area contributed by atoms with E-state index < -0.39 is 5.97 Å². The van der Waals surface area contributed by atoms with Gasteiger partial charge in [0, 0.05) is 6.08 Å². The molecule has 1 N–H and O–H groups in total. The van der Waals surface area contributed by atoms with E-state index in [4.69, 9.17) is 5.11 Å². The Kier molecular flexibility index (Phi) is 23.6. The molecule has 0 rings (SSSR count). The molecule has 0 aliphatic heterocycles. The van der Waals surface area contributed by atoms with Gasteiger partial charge in [-0.2, -0.15) is 0 Å². The molecule has 0 aromatic carbocycles. The van der Waals surface area contributed by atoms with Gasteiger partial charge in [-0.15, -0.1) is 0 Å². The van der Waals surface area contributed by atoms with Crippen LogP contribution in [-0.4, -0.2) is 60.0 Å². The van der Waals surface area contributed by atoms with Crippen LogP contribution in [0.4, 0.5) is 0 Å². The average molecular weight is 442 g/mol. The molecule has 0 amide bonds. The topological polar surface area (TPSA) is 37.3 Å². The van der Waals surface area contributed by atoms with Crippen molar-refractivity contribution in [1.29, 1.82) is 0 Å². The van der Waals surface area contributed by atoms with Crippen LogP contribution >= 0.6 is 0 Å². The third kappa shape index (κ3) is 24.1.